The predicted molar refractivity (Wildman–Crippen MR) is 79.7 cm³/mol. The molecular formula is C15H19N3S. The maximum atomic E-state index is 9.52. The third-order valence-electron chi connectivity index (χ3n) is 4.17. The van der Waals surface area contributed by atoms with E-state index >= 15 is 0 Å². The molecule has 1 aromatic rings. The maximum absolute atomic E-state index is 9.52. The van der Waals surface area contributed by atoms with E-state index in [-0.39, 0.29) is 0 Å². The van der Waals surface area contributed by atoms with Crippen molar-refractivity contribution < 1.29 is 0 Å². The summed E-state index contributed by atoms with van der Waals surface area (Å²) in [6.07, 6.45) is 1.24. The number of fused-ring (bicyclic) bond motifs is 1. The highest BCUT2D eigenvalue weighted by molar-refractivity contribution is 7.99. The van der Waals surface area contributed by atoms with Crippen molar-refractivity contribution in [3.63, 3.8) is 0 Å². The maximum Gasteiger partial charge on any atom is 0.103 e. The molecule has 4 heteroatoms. The number of anilines is 1. The van der Waals surface area contributed by atoms with Gasteiger partial charge in [-0.25, -0.2) is 0 Å². The van der Waals surface area contributed by atoms with Crippen molar-refractivity contribution in [2.75, 3.05) is 30.3 Å². The van der Waals surface area contributed by atoms with Gasteiger partial charge in [0.15, 0.2) is 0 Å². The molecule has 2 fully saturated rings. The van der Waals surface area contributed by atoms with Crippen LogP contribution in [0.3, 0.4) is 0 Å². The van der Waals surface area contributed by atoms with Gasteiger partial charge >= 0.3 is 0 Å². The predicted octanol–water partition coefficient (Wildman–Crippen LogP) is 2.47. The van der Waals surface area contributed by atoms with Gasteiger partial charge in [-0.05, 0) is 30.2 Å². The number of hydrogen-bond donors (Lipinski definition) is 1. The Hall–Kier alpha value is -1.18. The van der Waals surface area contributed by atoms with Crippen LogP contribution in [0.2, 0.25) is 0 Å². The van der Waals surface area contributed by atoms with E-state index in [2.05, 4.69) is 41.4 Å². The first-order chi connectivity index (χ1) is 9.35. The van der Waals surface area contributed by atoms with Crippen LogP contribution in [0, 0.1) is 17.2 Å². The molecule has 3 rings (SSSR count). The summed E-state index contributed by atoms with van der Waals surface area (Å²) in [6.45, 7) is 5.41. The van der Waals surface area contributed by atoms with Crippen LogP contribution in [0.15, 0.2) is 23.1 Å². The van der Waals surface area contributed by atoms with Crippen LogP contribution in [0.4, 0.5) is 5.69 Å². The van der Waals surface area contributed by atoms with Gasteiger partial charge in [0.25, 0.3) is 0 Å². The molecule has 0 bridgehead atoms. The monoisotopic (exact) mass is 273 g/mol. The Kier molecular flexibility index (Phi) is 3.67. The second-order valence-corrected chi connectivity index (χ2v) is 6.47. The lowest BCUT2D eigenvalue weighted by atomic mass is 10.0. The summed E-state index contributed by atoms with van der Waals surface area (Å²) < 4.78 is 0. The van der Waals surface area contributed by atoms with E-state index in [1.165, 1.54) is 6.42 Å². The summed E-state index contributed by atoms with van der Waals surface area (Å²) in [6, 6.07) is 9.26. The van der Waals surface area contributed by atoms with Crippen LogP contribution in [0.5, 0.6) is 0 Å². The van der Waals surface area contributed by atoms with Gasteiger partial charge < -0.3 is 10.2 Å². The molecule has 0 saturated carbocycles. The van der Waals surface area contributed by atoms with Gasteiger partial charge in [-0.15, -0.1) is 11.8 Å². The van der Waals surface area contributed by atoms with Gasteiger partial charge in [-0.2, -0.15) is 5.26 Å². The third kappa shape index (κ3) is 2.22. The number of nitriles is 1. The average Bonchev–Trinajstić information content (AvgIpc) is 3.01. The fourth-order valence-corrected chi connectivity index (χ4v) is 4.08. The van der Waals surface area contributed by atoms with E-state index in [1.54, 1.807) is 11.8 Å². The van der Waals surface area contributed by atoms with Crippen molar-refractivity contribution in [3.05, 3.63) is 23.8 Å². The Bertz CT molecular complexity index is 509. The molecule has 0 unspecified atom stereocenters. The summed E-state index contributed by atoms with van der Waals surface area (Å²) in [4.78, 5) is 3.57. The van der Waals surface area contributed by atoms with Crippen LogP contribution in [-0.2, 0) is 0 Å². The van der Waals surface area contributed by atoms with Crippen LogP contribution >= 0.6 is 11.8 Å². The highest BCUT2D eigenvalue weighted by atomic mass is 32.2. The van der Waals surface area contributed by atoms with Crippen LogP contribution in [0.25, 0.3) is 0 Å². The molecule has 2 saturated heterocycles. The first-order valence-corrected chi connectivity index (χ1v) is 7.97. The molecule has 2 atom stereocenters. The number of nitrogens with zero attached hydrogens (tertiary/aromatic N) is 2. The summed E-state index contributed by atoms with van der Waals surface area (Å²) in [5.41, 5.74) is 2.00. The Balaban J connectivity index is 1.96. The molecule has 2 heterocycles. The van der Waals surface area contributed by atoms with E-state index in [0.29, 0.717) is 6.04 Å². The fourth-order valence-electron chi connectivity index (χ4n) is 3.30. The zero-order valence-corrected chi connectivity index (χ0v) is 12.0. The standard InChI is InChI=1S/C15H19N3S/c1-2-19-15-5-3-4-13(12(15)8-16)18-7-6-11-9-17-10-14(11)18/h3-5,11,14,17H,2,6-7,9-10H2,1H3/t11-,14+/m0/s1. The minimum Gasteiger partial charge on any atom is -0.366 e. The van der Waals surface area contributed by atoms with Crippen molar-refractivity contribution in [3.8, 4) is 6.07 Å². The number of nitrogens with one attached hydrogen (secondary N) is 1. The average molecular weight is 273 g/mol. The molecule has 2 aliphatic heterocycles. The summed E-state index contributed by atoms with van der Waals surface area (Å²) in [7, 11) is 0. The summed E-state index contributed by atoms with van der Waals surface area (Å²) in [5, 5.41) is 13.0. The quantitative estimate of drug-likeness (QED) is 0.859. The number of hydrogen-bond acceptors (Lipinski definition) is 4. The smallest absolute Gasteiger partial charge is 0.103 e. The van der Waals surface area contributed by atoms with E-state index < -0.39 is 0 Å². The normalized spacial score (nSPS) is 25.4. The highest BCUT2D eigenvalue weighted by Gasteiger charge is 2.38. The molecule has 2 aliphatic rings. The highest BCUT2D eigenvalue weighted by Crippen LogP contribution is 2.36. The van der Waals surface area contributed by atoms with Crippen LogP contribution < -0.4 is 10.2 Å². The number of thioether (sulfide) groups is 1. The number of rotatable bonds is 3. The first-order valence-electron chi connectivity index (χ1n) is 6.98. The molecule has 0 aromatic heterocycles. The summed E-state index contributed by atoms with van der Waals surface area (Å²) in [5.74, 6) is 1.76. The van der Waals surface area contributed by atoms with Crippen molar-refractivity contribution in [1.82, 2.24) is 5.32 Å². The first kappa shape index (κ1) is 12.8. The zero-order valence-electron chi connectivity index (χ0n) is 11.2. The molecule has 3 nitrogen and oxygen atoms in total. The van der Waals surface area contributed by atoms with Gasteiger partial charge in [0.05, 0.1) is 11.3 Å². The van der Waals surface area contributed by atoms with E-state index in [9.17, 15) is 5.26 Å². The largest absolute Gasteiger partial charge is 0.366 e. The van der Waals surface area contributed by atoms with Crippen LogP contribution in [-0.4, -0.2) is 31.4 Å². The minimum atomic E-state index is 0.578. The number of benzene rings is 1. The van der Waals surface area contributed by atoms with E-state index in [0.717, 1.165) is 47.5 Å². The zero-order chi connectivity index (χ0) is 13.2. The summed E-state index contributed by atoms with van der Waals surface area (Å²) >= 11 is 1.76. The van der Waals surface area contributed by atoms with Gasteiger partial charge in [0, 0.05) is 30.6 Å². The SMILES string of the molecule is CCSc1cccc(N2CC[C@H]3CNC[C@H]32)c1C#N. The lowest BCUT2D eigenvalue weighted by Crippen LogP contribution is -2.34. The van der Waals surface area contributed by atoms with E-state index in [4.69, 9.17) is 0 Å². The van der Waals surface area contributed by atoms with Gasteiger partial charge in [-0.3, -0.25) is 0 Å². The van der Waals surface area contributed by atoms with Gasteiger partial charge in [0.1, 0.15) is 6.07 Å². The Morgan fingerprint density at radius 1 is 1.47 bits per heavy atom. The molecule has 0 aliphatic carbocycles. The molecular weight excluding hydrogens is 254 g/mol. The second-order valence-electron chi connectivity index (χ2n) is 5.16. The topological polar surface area (TPSA) is 39.1 Å². The third-order valence-corrected chi connectivity index (χ3v) is 5.11. The second kappa shape index (κ2) is 5.44. The Labute approximate surface area is 119 Å². The molecule has 0 amide bonds. The molecule has 1 N–H and O–H groups in total. The molecule has 19 heavy (non-hydrogen) atoms. The van der Waals surface area contributed by atoms with Crippen molar-refractivity contribution >= 4 is 17.4 Å². The molecule has 0 spiro atoms. The van der Waals surface area contributed by atoms with Crippen molar-refractivity contribution in [1.29, 1.82) is 5.26 Å². The van der Waals surface area contributed by atoms with E-state index in [1.807, 2.05) is 0 Å². The fraction of sp³-hybridized carbons (Fsp3) is 0.533. The lowest BCUT2D eigenvalue weighted by Gasteiger charge is -2.27. The Morgan fingerprint density at radius 2 is 2.37 bits per heavy atom. The Morgan fingerprint density at radius 3 is 3.16 bits per heavy atom. The minimum absolute atomic E-state index is 0.578. The van der Waals surface area contributed by atoms with Crippen LogP contribution in [0.1, 0.15) is 18.9 Å². The van der Waals surface area contributed by atoms with Gasteiger partial charge in [-0.1, -0.05) is 13.0 Å². The van der Waals surface area contributed by atoms with Crippen molar-refractivity contribution in [2.45, 2.75) is 24.3 Å². The lowest BCUT2D eigenvalue weighted by molar-refractivity contribution is 0.578. The molecule has 100 valence electrons. The molecule has 0 radical (unpaired) electrons. The molecule has 1 aromatic carbocycles. The van der Waals surface area contributed by atoms with Crippen molar-refractivity contribution in [2.24, 2.45) is 5.92 Å². The van der Waals surface area contributed by atoms with Gasteiger partial charge in [0.2, 0.25) is 0 Å².